The maximum absolute atomic E-state index is 6.22. The molecule has 0 amide bonds. The van der Waals surface area contributed by atoms with Crippen LogP contribution >= 0.6 is 0 Å². The van der Waals surface area contributed by atoms with Crippen LogP contribution in [0.1, 0.15) is 97.3 Å². The Balaban J connectivity index is 2.15. The van der Waals surface area contributed by atoms with Gasteiger partial charge in [-0.3, -0.25) is 0 Å². The third kappa shape index (κ3) is 11.7. The van der Waals surface area contributed by atoms with Gasteiger partial charge in [0.2, 0.25) is 0 Å². The summed E-state index contributed by atoms with van der Waals surface area (Å²) in [5.74, 6) is 0. The van der Waals surface area contributed by atoms with Gasteiger partial charge in [0.1, 0.15) is 0 Å². The Bertz CT molecular complexity index is 351. The van der Waals surface area contributed by atoms with Crippen molar-refractivity contribution in [2.75, 3.05) is 6.61 Å². The molecule has 0 aliphatic carbocycles. The van der Waals surface area contributed by atoms with Crippen LogP contribution in [0.3, 0.4) is 0 Å². The number of hydrogen-bond acceptors (Lipinski definition) is 2. The van der Waals surface area contributed by atoms with Crippen LogP contribution in [0.2, 0.25) is 0 Å². The van der Waals surface area contributed by atoms with Crippen LogP contribution < -0.4 is 0 Å². The second-order valence-electron chi connectivity index (χ2n) is 7.05. The SMILES string of the molecule is CCCCCCCCOC(CCCCCCC)CCn1ccnc1. The van der Waals surface area contributed by atoms with Gasteiger partial charge in [0.15, 0.2) is 0 Å². The summed E-state index contributed by atoms with van der Waals surface area (Å²) in [6, 6.07) is 0. The molecule has 1 aromatic heterocycles. The largest absolute Gasteiger partial charge is 0.378 e. The van der Waals surface area contributed by atoms with E-state index in [1.165, 1.54) is 77.0 Å². The van der Waals surface area contributed by atoms with Crippen LogP contribution in [0.25, 0.3) is 0 Å². The standard InChI is InChI=1S/C21H40N2O/c1-3-5-7-9-11-13-19-24-21(14-12-10-8-6-4-2)15-17-23-18-16-22-20-23/h16,18,20-21H,3-15,17,19H2,1-2H3. The van der Waals surface area contributed by atoms with E-state index in [0.717, 1.165) is 19.6 Å². The highest BCUT2D eigenvalue weighted by Crippen LogP contribution is 2.14. The van der Waals surface area contributed by atoms with E-state index >= 15 is 0 Å². The van der Waals surface area contributed by atoms with Gasteiger partial charge in [-0.2, -0.15) is 0 Å². The lowest BCUT2D eigenvalue weighted by atomic mass is 10.1. The van der Waals surface area contributed by atoms with Crippen LogP contribution in [0.15, 0.2) is 18.7 Å². The molecule has 0 aromatic carbocycles. The second-order valence-corrected chi connectivity index (χ2v) is 7.05. The lowest BCUT2D eigenvalue weighted by Crippen LogP contribution is -2.16. The van der Waals surface area contributed by atoms with Gasteiger partial charge in [0.25, 0.3) is 0 Å². The zero-order valence-corrected chi connectivity index (χ0v) is 16.2. The lowest BCUT2D eigenvalue weighted by molar-refractivity contribution is 0.0346. The topological polar surface area (TPSA) is 27.1 Å². The molecule has 1 aromatic rings. The minimum Gasteiger partial charge on any atom is -0.378 e. The maximum atomic E-state index is 6.22. The Kier molecular flexibility index (Phi) is 13.9. The average Bonchev–Trinajstić information content (AvgIpc) is 3.11. The molecule has 0 spiro atoms. The number of aromatic nitrogens is 2. The smallest absolute Gasteiger partial charge is 0.0945 e. The lowest BCUT2D eigenvalue weighted by Gasteiger charge is -2.18. The fraction of sp³-hybridized carbons (Fsp3) is 0.857. The number of imidazole rings is 1. The summed E-state index contributed by atoms with van der Waals surface area (Å²) < 4.78 is 8.38. The van der Waals surface area contributed by atoms with Crippen molar-refractivity contribution in [3.8, 4) is 0 Å². The molecule has 1 unspecified atom stereocenters. The van der Waals surface area contributed by atoms with Crippen molar-refractivity contribution in [2.24, 2.45) is 0 Å². The van der Waals surface area contributed by atoms with Crippen molar-refractivity contribution >= 4 is 0 Å². The minimum absolute atomic E-state index is 0.421. The summed E-state index contributed by atoms with van der Waals surface area (Å²) in [5, 5.41) is 0. The predicted octanol–water partition coefficient (Wildman–Crippen LogP) is 6.38. The third-order valence-electron chi connectivity index (χ3n) is 4.75. The number of aryl methyl sites for hydroxylation is 1. The van der Waals surface area contributed by atoms with Crippen molar-refractivity contribution < 1.29 is 4.74 Å². The summed E-state index contributed by atoms with van der Waals surface area (Å²) in [4.78, 5) is 4.13. The highest BCUT2D eigenvalue weighted by atomic mass is 16.5. The van der Waals surface area contributed by atoms with Crippen LogP contribution in [0.4, 0.5) is 0 Å². The Labute approximate surface area is 150 Å². The summed E-state index contributed by atoms with van der Waals surface area (Å²) in [6.07, 6.45) is 23.3. The Morgan fingerprint density at radius 2 is 1.50 bits per heavy atom. The number of nitrogens with zero attached hydrogens (tertiary/aromatic N) is 2. The molecule has 3 nitrogen and oxygen atoms in total. The second kappa shape index (κ2) is 15.7. The van der Waals surface area contributed by atoms with E-state index in [2.05, 4.69) is 23.4 Å². The van der Waals surface area contributed by atoms with Crippen LogP contribution in [-0.4, -0.2) is 22.3 Å². The maximum Gasteiger partial charge on any atom is 0.0945 e. The third-order valence-corrected chi connectivity index (χ3v) is 4.75. The Morgan fingerprint density at radius 3 is 2.17 bits per heavy atom. The Hall–Kier alpha value is -0.830. The molecule has 3 heteroatoms. The predicted molar refractivity (Wildman–Crippen MR) is 103 cm³/mol. The van der Waals surface area contributed by atoms with Gasteiger partial charge in [-0.1, -0.05) is 78.1 Å². The van der Waals surface area contributed by atoms with Crippen molar-refractivity contribution in [3.05, 3.63) is 18.7 Å². The quantitative estimate of drug-likeness (QED) is 0.309. The molecule has 0 saturated carbocycles. The van der Waals surface area contributed by atoms with Crippen LogP contribution in [0, 0.1) is 0 Å². The van der Waals surface area contributed by atoms with Gasteiger partial charge in [-0.25, -0.2) is 4.98 Å². The van der Waals surface area contributed by atoms with Crippen molar-refractivity contribution in [3.63, 3.8) is 0 Å². The zero-order valence-electron chi connectivity index (χ0n) is 16.2. The molecule has 1 rings (SSSR count). The van der Waals surface area contributed by atoms with Crippen molar-refractivity contribution in [1.82, 2.24) is 9.55 Å². The summed E-state index contributed by atoms with van der Waals surface area (Å²) in [5.41, 5.74) is 0. The highest BCUT2D eigenvalue weighted by Gasteiger charge is 2.09. The van der Waals surface area contributed by atoms with E-state index in [1.54, 1.807) is 0 Å². The summed E-state index contributed by atoms with van der Waals surface area (Å²) >= 11 is 0. The number of rotatable bonds is 17. The molecule has 1 heterocycles. The monoisotopic (exact) mass is 336 g/mol. The van der Waals surface area contributed by atoms with Crippen molar-refractivity contribution in [1.29, 1.82) is 0 Å². The minimum atomic E-state index is 0.421. The number of ether oxygens (including phenoxy) is 1. The molecular formula is C21H40N2O. The van der Waals surface area contributed by atoms with E-state index in [1.807, 2.05) is 18.7 Å². The van der Waals surface area contributed by atoms with Crippen LogP contribution in [-0.2, 0) is 11.3 Å². The molecule has 24 heavy (non-hydrogen) atoms. The average molecular weight is 337 g/mol. The summed E-state index contributed by atoms with van der Waals surface area (Å²) in [7, 11) is 0. The first-order valence-electron chi connectivity index (χ1n) is 10.4. The first-order valence-corrected chi connectivity index (χ1v) is 10.4. The van der Waals surface area contributed by atoms with Gasteiger partial charge in [0, 0.05) is 25.5 Å². The molecule has 0 N–H and O–H groups in total. The molecule has 0 radical (unpaired) electrons. The van der Waals surface area contributed by atoms with Gasteiger partial charge in [0.05, 0.1) is 12.4 Å². The number of hydrogen-bond donors (Lipinski definition) is 0. The molecule has 0 aliphatic rings. The van der Waals surface area contributed by atoms with E-state index in [0.29, 0.717) is 6.10 Å². The molecule has 1 atom stereocenters. The molecule has 0 aliphatic heterocycles. The van der Waals surface area contributed by atoms with Crippen molar-refractivity contribution in [2.45, 2.75) is 110 Å². The van der Waals surface area contributed by atoms with E-state index in [9.17, 15) is 0 Å². The first kappa shape index (κ1) is 21.2. The van der Waals surface area contributed by atoms with Gasteiger partial charge in [-0.05, 0) is 19.3 Å². The van der Waals surface area contributed by atoms with Crippen LogP contribution in [0.5, 0.6) is 0 Å². The summed E-state index contributed by atoms with van der Waals surface area (Å²) in [6.45, 7) is 6.51. The van der Waals surface area contributed by atoms with Gasteiger partial charge in [-0.15, -0.1) is 0 Å². The zero-order chi connectivity index (χ0) is 17.3. The van der Waals surface area contributed by atoms with E-state index < -0.39 is 0 Å². The molecule has 140 valence electrons. The molecular weight excluding hydrogens is 296 g/mol. The van der Waals surface area contributed by atoms with E-state index in [4.69, 9.17) is 4.74 Å². The van der Waals surface area contributed by atoms with Gasteiger partial charge < -0.3 is 9.30 Å². The van der Waals surface area contributed by atoms with E-state index in [-0.39, 0.29) is 0 Å². The fourth-order valence-electron chi connectivity index (χ4n) is 3.13. The van der Waals surface area contributed by atoms with Gasteiger partial charge >= 0.3 is 0 Å². The molecule has 0 bridgehead atoms. The number of unbranched alkanes of at least 4 members (excludes halogenated alkanes) is 9. The highest BCUT2D eigenvalue weighted by molar-refractivity contribution is 4.74. The molecule has 0 fully saturated rings. The first-order chi connectivity index (χ1) is 11.9. The normalized spacial score (nSPS) is 12.6. The molecule has 0 saturated heterocycles. The fourth-order valence-corrected chi connectivity index (χ4v) is 3.13. The Morgan fingerprint density at radius 1 is 0.833 bits per heavy atom.